The van der Waals surface area contributed by atoms with E-state index in [1.54, 1.807) is 24.3 Å². The molecular formula is C20H18N2O3. The van der Waals surface area contributed by atoms with Gasteiger partial charge in [0.1, 0.15) is 11.6 Å². The lowest BCUT2D eigenvalue weighted by Gasteiger charge is -2.14. The van der Waals surface area contributed by atoms with Crippen molar-refractivity contribution in [2.45, 2.75) is 19.9 Å². The van der Waals surface area contributed by atoms with Crippen LogP contribution in [0, 0.1) is 18.3 Å². The number of nitrogens with one attached hydrogen (secondary N) is 1. The monoisotopic (exact) mass is 334 g/mol. The summed E-state index contributed by atoms with van der Waals surface area (Å²) >= 11 is 0. The zero-order chi connectivity index (χ0) is 17.8. The summed E-state index contributed by atoms with van der Waals surface area (Å²) in [7, 11) is 0. The Morgan fingerprint density at radius 2 is 1.92 bits per heavy atom. The molecular weight excluding hydrogens is 316 g/mol. The molecule has 1 aliphatic heterocycles. The molecule has 5 nitrogen and oxygen atoms in total. The number of ether oxygens (including phenoxy) is 2. The minimum absolute atomic E-state index is 0.0397. The highest BCUT2D eigenvalue weighted by Gasteiger charge is 2.16. The van der Waals surface area contributed by atoms with Gasteiger partial charge in [-0.3, -0.25) is 4.79 Å². The van der Waals surface area contributed by atoms with Gasteiger partial charge in [0.15, 0.2) is 11.5 Å². The number of nitrogens with zero attached hydrogens (tertiary/aromatic N) is 1. The molecule has 1 aliphatic rings. The second kappa shape index (κ2) is 7.10. The van der Waals surface area contributed by atoms with E-state index in [1.165, 1.54) is 0 Å². The number of carbonyl (C=O) groups is 1. The molecule has 0 bridgehead atoms. The van der Waals surface area contributed by atoms with E-state index in [-0.39, 0.29) is 18.4 Å². The van der Waals surface area contributed by atoms with E-state index < -0.39 is 5.91 Å². The maximum Gasteiger partial charge on any atom is 0.262 e. The highest BCUT2D eigenvalue weighted by atomic mass is 16.7. The highest BCUT2D eigenvalue weighted by Crippen LogP contribution is 2.33. The molecule has 0 spiro atoms. The molecule has 3 rings (SSSR count). The van der Waals surface area contributed by atoms with Crippen LogP contribution in [0.25, 0.3) is 6.08 Å². The molecule has 0 saturated carbocycles. The maximum atomic E-state index is 12.4. The van der Waals surface area contributed by atoms with Gasteiger partial charge < -0.3 is 14.8 Å². The number of nitriles is 1. The van der Waals surface area contributed by atoms with Crippen LogP contribution in [-0.4, -0.2) is 12.7 Å². The van der Waals surface area contributed by atoms with E-state index in [4.69, 9.17) is 9.47 Å². The van der Waals surface area contributed by atoms with E-state index in [0.717, 1.165) is 11.1 Å². The van der Waals surface area contributed by atoms with Crippen molar-refractivity contribution in [2.24, 2.45) is 0 Å². The predicted octanol–water partition coefficient (Wildman–Crippen LogP) is 3.51. The molecule has 5 heteroatoms. The molecule has 126 valence electrons. The molecule has 0 radical (unpaired) electrons. The Morgan fingerprint density at radius 1 is 1.20 bits per heavy atom. The number of carbonyl (C=O) groups excluding carboxylic acids is 1. The molecule has 1 unspecified atom stereocenters. The van der Waals surface area contributed by atoms with Crippen LogP contribution >= 0.6 is 0 Å². The first-order valence-electron chi connectivity index (χ1n) is 7.95. The van der Waals surface area contributed by atoms with Crippen LogP contribution in [0.3, 0.4) is 0 Å². The fraction of sp³-hybridized carbons (Fsp3) is 0.200. The molecule has 2 aromatic carbocycles. The lowest BCUT2D eigenvalue weighted by molar-refractivity contribution is -0.117. The Hall–Kier alpha value is -3.26. The molecule has 0 fully saturated rings. The van der Waals surface area contributed by atoms with Crippen molar-refractivity contribution in [3.05, 3.63) is 64.7 Å². The Bertz CT molecular complexity index is 864. The zero-order valence-electron chi connectivity index (χ0n) is 14.1. The summed E-state index contributed by atoms with van der Waals surface area (Å²) in [4.78, 5) is 12.4. The van der Waals surface area contributed by atoms with Crippen LogP contribution in [0.1, 0.15) is 29.7 Å². The van der Waals surface area contributed by atoms with Gasteiger partial charge in [0.05, 0.1) is 6.04 Å². The normalized spacial score (nSPS) is 13.9. The van der Waals surface area contributed by atoms with Crippen LogP contribution in [-0.2, 0) is 4.79 Å². The van der Waals surface area contributed by atoms with Crippen molar-refractivity contribution in [3.8, 4) is 17.6 Å². The van der Waals surface area contributed by atoms with E-state index in [2.05, 4.69) is 5.32 Å². The van der Waals surface area contributed by atoms with E-state index in [9.17, 15) is 10.1 Å². The van der Waals surface area contributed by atoms with E-state index in [1.807, 2.05) is 44.2 Å². The molecule has 1 amide bonds. The van der Waals surface area contributed by atoms with Crippen LogP contribution in [0.15, 0.2) is 48.0 Å². The Labute approximate surface area is 146 Å². The molecule has 2 aromatic rings. The van der Waals surface area contributed by atoms with Gasteiger partial charge in [-0.25, -0.2) is 0 Å². The van der Waals surface area contributed by atoms with Crippen molar-refractivity contribution in [1.82, 2.24) is 5.32 Å². The van der Waals surface area contributed by atoms with Crippen molar-refractivity contribution < 1.29 is 14.3 Å². The number of amides is 1. The number of rotatable bonds is 4. The smallest absolute Gasteiger partial charge is 0.262 e. The topological polar surface area (TPSA) is 71.4 Å². The molecule has 1 atom stereocenters. The summed E-state index contributed by atoms with van der Waals surface area (Å²) in [6.45, 7) is 4.08. The first-order valence-corrected chi connectivity index (χ1v) is 7.95. The summed E-state index contributed by atoms with van der Waals surface area (Å²) in [5.74, 6) is 0.862. The Morgan fingerprint density at radius 3 is 2.64 bits per heavy atom. The van der Waals surface area contributed by atoms with Crippen molar-refractivity contribution in [1.29, 1.82) is 5.26 Å². The van der Waals surface area contributed by atoms with Crippen molar-refractivity contribution in [3.63, 3.8) is 0 Å². The third kappa shape index (κ3) is 3.81. The highest BCUT2D eigenvalue weighted by molar-refractivity contribution is 6.01. The van der Waals surface area contributed by atoms with Gasteiger partial charge in [-0.05, 0) is 43.2 Å². The van der Waals surface area contributed by atoms with Crippen LogP contribution in [0.2, 0.25) is 0 Å². The lowest BCUT2D eigenvalue weighted by Crippen LogP contribution is -2.27. The fourth-order valence-electron chi connectivity index (χ4n) is 2.53. The van der Waals surface area contributed by atoms with E-state index in [0.29, 0.717) is 17.1 Å². The van der Waals surface area contributed by atoms with Gasteiger partial charge in [-0.2, -0.15) is 5.26 Å². The van der Waals surface area contributed by atoms with Gasteiger partial charge in [0.25, 0.3) is 5.91 Å². The molecule has 0 aromatic heterocycles. The Kier molecular flexibility index (Phi) is 4.71. The van der Waals surface area contributed by atoms with Gasteiger partial charge in [0.2, 0.25) is 6.79 Å². The van der Waals surface area contributed by atoms with E-state index >= 15 is 0 Å². The maximum absolute atomic E-state index is 12.4. The largest absolute Gasteiger partial charge is 0.454 e. The average Bonchev–Trinajstić information content (AvgIpc) is 3.07. The number of benzene rings is 2. The number of fused-ring (bicyclic) bond motifs is 1. The van der Waals surface area contributed by atoms with Crippen molar-refractivity contribution >= 4 is 12.0 Å². The molecule has 25 heavy (non-hydrogen) atoms. The van der Waals surface area contributed by atoms with Gasteiger partial charge in [0, 0.05) is 0 Å². The third-order valence-corrected chi connectivity index (χ3v) is 4.00. The summed E-state index contributed by atoms with van der Waals surface area (Å²) in [5, 5.41) is 12.2. The molecule has 0 saturated heterocycles. The molecule has 0 aliphatic carbocycles. The number of hydrogen-bond acceptors (Lipinski definition) is 4. The fourth-order valence-corrected chi connectivity index (χ4v) is 2.53. The SMILES string of the molecule is Cc1ccc(C(C)NC(=O)C(C#N)=Cc2ccc3c(c2)OCO3)cc1. The summed E-state index contributed by atoms with van der Waals surface area (Å²) < 4.78 is 10.6. The second-order valence-corrected chi connectivity index (χ2v) is 5.89. The molecule has 1 heterocycles. The summed E-state index contributed by atoms with van der Waals surface area (Å²) in [5.41, 5.74) is 2.89. The second-order valence-electron chi connectivity index (χ2n) is 5.89. The third-order valence-electron chi connectivity index (χ3n) is 4.00. The first kappa shape index (κ1) is 16.6. The van der Waals surface area contributed by atoms with Crippen LogP contribution in [0.5, 0.6) is 11.5 Å². The van der Waals surface area contributed by atoms with Crippen LogP contribution in [0.4, 0.5) is 0 Å². The molecule has 1 N–H and O–H groups in total. The lowest BCUT2D eigenvalue weighted by atomic mass is 10.1. The number of aryl methyl sites for hydroxylation is 1. The quantitative estimate of drug-likeness (QED) is 0.686. The van der Waals surface area contributed by atoms with Gasteiger partial charge >= 0.3 is 0 Å². The van der Waals surface area contributed by atoms with Crippen LogP contribution < -0.4 is 14.8 Å². The standard InChI is InChI=1S/C20H18N2O3/c1-13-3-6-16(7-4-13)14(2)22-20(23)17(11-21)9-15-5-8-18-19(10-15)25-12-24-18/h3-10,14H,12H2,1-2H3,(H,22,23). The minimum atomic E-state index is -0.409. The summed E-state index contributed by atoms with van der Waals surface area (Å²) in [6.07, 6.45) is 1.54. The summed E-state index contributed by atoms with van der Waals surface area (Å²) in [6, 6.07) is 15.0. The zero-order valence-corrected chi connectivity index (χ0v) is 14.1. The van der Waals surface area contributed by atoms with Gasteiger partial charge in [-0.15, -0.1) is 0 Å². The van der Waals surface area contributed by atoms with Gasteiger partial charge in [-0.1, -0.05) is 35.9 Å². The average molecular weight is 334 g/mol. The Balaban J connectivity index is 1.75. The first-order chi connectivity index (χ1) is 12.1. The minimum Gasteiger partial charge on any atom is -0.454 e. The van der Waals surface area contributed by atoms with Crippen molar-refractivity contribution in [2.75, 3.05) is 6.79 Å². The number of hydrogen-bond donors (Lipinski definition) is 1. The predicted molar refractivity (Wildman–Crippen MR) is 93.9 cm³/mol.